The van der Waals surface area contributed by atoms with E-state index in [0.29, 0.717) is 11.6 Å². The molecule has 2 heterocycles. The second kappa shape index (κ2) is 5.31. The number of para-hydroxylation sites is 2. The Bertz CT molecular complexity index is 952. The van der Waals surface area contributed by atoms with Crippen LogP contribution in [-0.2, 0) is 6.54 Å². The van der Waals surface area contributed by atoms with Crippen molar-refractivity contribution in [3.63, 3.8) is 0 Å². The normalized spacial score (nSPS) is 11.1. The molecule has 0 saturated carbocycles. The van der Waals surface area contributed by atoms with Gasteiger partial charge in [-0.15, -0.1) is 11.3 Å². The molecule has 0 fully saturated rings. The number of nitrogens with zero attached hydrogens (tertiary/aromatic N) is 2. The molecule has 0 aliphatic rings. The van der Waals surface area contributed by atoms with Crippen LogP contribution in [0.3, 0.4) is 0 Å². The van der Waals surface area contributed by atoms with Crippen molar-refractivity contribution in [2.24, 2.45) is 0 Å². The Kier molecular flexibility index (Phi) is 3.16. The van der Waals surface area contributed by atoms with Gasteiger partial charge in [-0.2, -0.15) is 4.57 Å². The molecule has 22 heavy (non-hydrogen) atoms. The third-order valence-corrected chi connectivity index (χ3v) is 4.71. The monoisotopic (exact) mass is 305 g/mol. The zero-order valence-corrected chi connectivity index (χ0v) is 12.6. The molecular formula is C18H13N2OS+. The Morgan fingerprint density at radius 2 is 1.77 bits per heavy atom. The molecule has 2 aromatic carbocycles. The van der Waals surface area contributed by atoms with E-state index < -0.39 is 0 Å². The van der Waals surface area contributed by atoms with E-state index in [2.05, 4.69) is 4.98 Å². The van der Waals surface area contributed by atoms with Crippen LogP contribution in [0.1, 0.15) is 9.80 Å². The summed E-state index contributed by atoms with van der Waals surface area (Å²) < 4.78 is 3.03. The topological polar surface area (TPSA) is 33.8 Å². The largest absolute Gasteiger partial charge is 0.284 e. The van der Waals surface area contributed by atoms with Gasteiger partial charge in [0.15, 0.2) is 11.2 Å². The molecule has 4 rings (SSSR count). The number of rotatable bonds is 3. The number of ketones is 1. The number of Topliss-reactive ketones (excluding diaryl/α,β-unsaturated/α-hetero) is 1. The molecule has 3 nitrogen and oxygen atoms in total. The van der Waals surface area contributed by atoms with Crippen molar-refractivity contribution in [3.05, 3.63) is 71.9 Å². The summed E-state index contributed by atoms with van der Waals surface area (Å²) in [5.74, 6) is 0.0440. The molecule has 0 N–H and O–H groups in total. The van der Waals surface area contributed by atoms with Crippen molar-refractivity contribution in [1.29, 1.82) is 0 Å². The quantitative estimate of drug-likeness (QED) is 0.428. The molecular weight excluding hydrogens is 292 g/mol. The third kappa shape index (κ3) is 2.27. The van der Waals surface area contributed by atoms with Crippen molar-refractivity contribution < 1.29 is 9.36 Å². The van der Waals surface area contributed by atoms with Gasteiger partial charge in [0, 0.05) is 17.5 Å². The maximum Gasteiger partial charge on any atom is 0.255 e. The second-order valence-electron chi connectivity index (χ2n) is 5.10. The molecule has 0 aliphatic heterocycles. The summed E-state index contributed by atoms with van der Waals surface area (Å²) in [6.45, 7) is 0.307. The van der Waals surface area contributed by atoms with Gasteiger partial charge in [-0.05, 0) is 24.3 Å². The lowest BCUT2D eigenvalue weighted by Crippen LogP contribution is -2.38. The van der Waals surface area contributed by atoms with Crippen LogP contribution in [0.2, 0.25) is 0 Å². The zero-order valence-electron chi connectivity index (χ0n) is 11.8. The molecule has 2 aromatic heterocycles. The van der Waals surface area contributed by atoms with E-state index in [4.69, 9.17) is 0 Å². The minimum absolute atomic E-state index is 0.0440. The predicted octanol–water partition coefficient (Wildman–Crippen LogP) is 3.62. The Hall–Kier alpha value is -2.59. The average Bonchev–Trinajstić information content (AvgIpc) is 2.99. The van der Waals surface area contributed by atoms with Gasteiger partial charge in [0.25, 0.3) is 5.78 Å². The molecule has 4 heteroatoms. The number of hydrogen-bond donors (Lipinski definition) is 0. The van der Waals surface area contributed by atoms with Gasteiger partial charge in [0.05, 0.1) is 10.2 Å². The molecule has 0 saturated heterocycles. The van der Waals surface area contributed by atoms with E-state index >= 15 is 0 Å². The average molecular weight is 305 g/mol. The number of pyridine rings is 1. The van der Waals surface area contributed by atoms with Gasteiger partial charge in [-0.1, -0.05) is 24.3 Å². The number of aromatic nitrogens is 2. The van der Waals surface area contributed by atoms with E-state index in [9.17, 15) is 4.79 Å². The highest BCUT2D eigenvalue weighted by Crippen LogP contribution is 2.22. The van der Waals surface area contributed by atoms with Gasteiger partial charge in [-0.25, -0.2) is 4.98 Å². The highest BCUT2D eigenvalue weighted by atomic mass is 32.1. The van der Waals surface area contributed by atoms with Crippen LogP contribution in [-0.4, -0.2) is 10.8 Å². The van der Waals surface area contributed by atoms with E-state index in [-0.39, 0.29) is 5.78 Å². The van der Waals surface area contributed by atoms with Crippen LogP contribution >= 0.6 is 11.3 Å². The van der Waals surface area contributed by atoms with Crippen molar-refractivity contribution >= 4 is 38.2 Å². The minimum Gasteiger partial charge on any atom is -0.284 e. The standard InChI is InChI=1S/C18H13N2OS/c21-16(18-19-14-8-2-4-10-17(14)22-18)12-20-11-5-7-13-6-1-3-9-15(13)20/h1-11H,12H2/q+1. The van der Waals surface area contributed by atoms with Crippen molar-refractivity contribution in [2.45, 2.75) is 6.54 Å². The Morgan fingerprint density at radius 1 is 1.00 bits per heavy atom. The van der Waals surface area contributed by atoms with Gasteiger partial charge >= 0.3 is 0 Å². The highest BCUT2D eigenvalue weighted by molar-refractivity contribution is 7.20. The van der Waals surface area contributed by atoms with E-state index in [0.717, 1.165) is 21.1 Å². The molecule has 0 atom stereocenters. The molecule has 0 aliphatic carbocycles. The molecule has 4 aromatic rings. The summed E-state index contributed by atoms with van der Waals surface area (Å²) in [5, 5.41) is 1.70. The number of hydrogen-bond acceptors (Lipinski definition) is 3. The van der Waals surface area contributed by atoms with Gasteiger partial charge in [0.1, 0.15) is 0 Å². The summed E-state index contributed by atoms with van der Waals surface area (Å²) >= 11 is 1.46. The van der Waals surface area contributed by atoms with Gasteiger partial charge in [0.2, 0.25) is 12.1 Å². The maximum absolute atomic E-state index is 12.6. The van der Waals surface area contributed by atoms with E-state index in [1.165, 1.54) is 11.3 Å². The number of carbonyl (C=O) groups is 1. The number of carbonyl (C=O) groups excluding carboxylic acids is 1. The lowest BCUT2D eigenvalue weighted by atomic mass is 10.2. The lowest BCUT2D eigenvalue weighted by Gasteiger charge is -1.99. The van der Waals surface area contributed by atoms with Crippen LogP contribution in [0.4, 0.5) is 0 Å². The van der Waals surface area contributed by atoms with Crippen LogP contribution in [0.15, 0.2) is 66.9 Å². The Morgan fingerprint density at radius 3 is 2.68 bits per heavy atom. The van der Waals surface area contributed by atoms with Crippen LogP contribution in [0, 0.1) is 0 Å². The molecule has 0 radical (unpaired) electrons. The van der Waals surface area contributed by atoms with Crippen LogP contribution < -0.4 is 4.57 Å². The minimum atomic E-state index is 0.0440. The Balaban J connectivity index is 1.71. The second-order valence-corrected chi connectivity index (χ2v) is 6.14. The smallest absolute Gasteiger partial charge is 0.255 e. The first-order valence-corrected chi connectivity index (χ1v) is 7.89. The van der Waals surface area contributed by atoms with Crippen molar-refractivity contribution in [2.75, 3.05) is 0 Å². The first-order valence-electron chi connectivity index (χ1n) is 7.07. The van der Waals surface area contributed by atoms with Gasteiger partial charge < -0.3 is 0 Å². The number of fused-ring (bicyclic) bond motifs is 2. The summed E-state index contributed by atoms with van der Waals surface area (Å²) in [5.41, 5.74) is 1.94. The molecule has 0 spiro atoms. The fraction of sp³-hybridized carbons (Fsp3) is 0.0556. The molecule has 0 amide bonds. The van der Waals surface area contributed by atoms with E-state index in [1.807, 2.05) is 71.4 Å². The third-order valence-electron chi connectivity index (χ3n) is 3.63. The lowest BCUT2D eigenvalue weighted by molar-refractivity contribution is -0.657. The summed E-state index contributed by atoms with van der Waals surface area (Å²) in [6, 6.07) is 19.9. The molecule has 0 unspecified atom stereocenters. The Labute approximate surface area is 131 Å². The fourth-order valence-corrected chi connectivity index (χ4v) is 3.47. The first-order chi connectivity index (χ1) is 10.8. The predicted molar refractivity (Wildman–Crippen MR) is 88.1 cm³/mol. The number of benzene rings is 2. The van der Waals surface area contributed by atoms with Crippen LogP contribution in [0.5, 0.6) is 0 Å². The maximum atomic E-state index is 12.6. The SMILES string of the molecule is O=C(C[n+]1cccc2ccccc21)c1nc2ccccc2s1. The summed E-state index contributed by atoms with van der Waals surface area (Å²) in [6.07, 6.45) is 1.94. The summed E-state index contributed by atoms with van der Waals surface area (Å²) in [7, 11) is 0. The van der Waals surface area contributed by atoms with Crippen LogP contribution in [0.25, 0.3) is 21.1 Å². The van der Waals surface area contributed by atoms with Gasteiger partial charge in [-0.3, -0.25) is 4.79 Å². The van der Waals surface area contributed by atoms with Crippen molar-refractivity contribution in [3.8, 4) is 0 Å². The molecule has 106 valence electrons. The summed E-state index contributed by atoms with van der Waals surface area (Å²) in [4.78, 5) is 17.0. The van der Waals surface area contributed by atoms with Crippen molar-refractivity contribution in [1.82, 2.24) is 4.98 Å². The first kappa shape index (κ1) is 13.1. The van der Waals surface area contributed by atoms with E-state index in [1.54, 1.807) is 0 Å². The zero-order chi connectivity index (χ0) is 14.9. The number of thiazole rings is 1. The fourth-order valence-electron chi connectivity index (χ4n) is 2.57. The highest BCUT2D eigenvalue weighted by Gasteiger charge is 2.18. The molecule has 0 bridgehead atoms.